The summed E-state index contributed by atoms with van der Waals surface area (Å²) in [5.74, 6) is 0.315. The molecular formula is C12H17N3O3. The van der Waals surface area contributed by atoms with Crippen LogP contribution in [0.15, 0.2) is 23.3 Å². The average molecular weight is 251 g/mol. The number of carbonyl (C=O) groups excluding carboxylic acids is 1. The minimum Gasteiger partial charge on any atom is -0.396 e. The van der Waals surface area contributed by atoms with Gasteiger partial charge in [-0.1, -0.05) is 0 Å². The molecule has 0 radical (unpaired) electrons. The third-order valence-electron chi connectivity index (χ3n) is 3.26. The monoisotopic (exact) mass is 251 g/mol. The Kier molecular flexibility index (Phi) is 4.09. The zero-order valence-corrected chi connectivity index (χ0v) is 10.2. The summed E-state index contributed by atoms with van der Waals surface area (Å²) < 4.78 is 1.31. The molecule has 0 aromatic carbocycles. The Morgan fingerprint density at radius 3 is 3.11 bits per heavy atom. The predicted molar refractivity (Wildman–Crippen MR) is 64.9 cm³/mol. The van der Waals surface area contributed by atoms with Crippen molar-refractivity contribution in [3.05, 3.63) is 28.9 Å². The molecule has 98 valence electrons. The van der Waals surface area contributed by atoms with Gasteiger partial charge in [0.1, 0.15) is 6.54 Å². The second-order valence-electron chi connectivity index (χ2n) is 4.54. The number of carbonyl (C=O) groups is 1. The van der Waals surface area contributed by atoms with Gasteiger partial charge in [-0.2, -0.15) is 0 Å². The largest absolute Gasteiger partial charge is 0.396 e. The molecule has 1 fully saturated rings. The highest BCUT2D eigenvalue weighted by Gasteiger charge is 2.25. The Labute approximate surface area is 105 Å². The Hall–Kier alpha value is -1.69. The van der Waals surface area contributed by atoms with E-state index in [1.54, 1.807) is 17.2 Å². The smallest absolute Gasteiger partial charge is 0.347 e. The van der Waals surface area contributed by atoms with Crippen LogP contribution in [0, 0.1) is 5.92 Å². The fourth-order valence-electron chi connectivity index (χ4n) is 2.23. The van der Waals surface area contributed by atoms with Gasteiger partial charge in [-0.15, -0.1) is 0 Å². The van der Waals surface area contributed by atoms with Gasteiger partial charge < -0.3 is 10.0 Å². The zero-order valence-electron chi connectivity index (χ0n) is 10.2. The highest BCUT2D eigenvalue weighted by atomic mass is 16.3. The van der Waals surface area contributed by atoms with Gasteiger partial charge >= 0.3 is 5.69 Å². The fraction of sp³-hybridized carbons (Fsp3) is 0.583. The number of amides is 1. The van der Waals surface area contributed by atoms with E-state index in [1.165, 1.54) is 10.8 Å². The molecule has 2 rings (SSSR count). The van der Waals surface area contributed by atoms with Crippen molar-refractivity contribution >= 4 is 5.91 Å². The summed E-state index contributed by atoms with van der Waals surface area (Å²) in [6.45, 7) is 1.58. The number of aliphatic hydroxyl groups excluding tert-OH is 1. The first-order chi connectivity index (χ1) is 8.70. The number of hydrogen-bond donors (Lipinski definition) is 1. The number of aromatic nitrogens is 2. The average Bonchev–Trinajstić information content (AvgIpc) is 2.81. The van der Waals surface area contributed by atoms with E-state index in [-0.39, 0.29) is 19.1 Å². The van der Waals surface area contributed by atoms with Crippen molar-refractivity contribution in [2.75, 3.05) is 19.7 Å². The number of hydrogen-bond acceptors (Lipinski definition) is 4. The Balaban J connectivity index is 1.94. The van der Waals surface area contributed by atoms with Gasteiger partial charge in [0.25, 0.3) is 0 Å². The molecule has 1 unspecified atom stereocenters. The lowest BCUT2D eigenvalue weighted by molar-refractivity contribution is -0.131. The summed E-state index contributed by atoms with van der Waals surface area (Å²) in [7, 11) is 0. The molecule has 1 aliphatic rings. The summed E-state index contributed by atoms with van der Waals surface area (Å²) in [6.07, 6.45) is 4.63. The van der Waals surface area contributed by atoms with Gasteiger partial charge in [0, 0.05) is 32.1 Å². The highest BCUT2D eigenvalue weighted by Crippen LogP contribution is 2.19. The molecule has 6 heteroatoms. The number of nitrogens with zero attached hydrogens (tertiary/aromatic N) is 3. The third-order valence-corrected chi connectivity index (χ3v) is 3.26. The van der Waals surface area contributed by atoms with Crippen molar-refractivity contribution in [3.63, 3.8) is 0 Å². The number of aliphatic hydroxyl groups is 1. The van der Waals surface area contributed by atoms with Crippen molar-refractivity contribution in [1.29, 1.82) is 0 Å². The van der Waals surface area contributed by atoms with Crippen LogP contribution in [0.5, 0.6) is 0 Å². The van der Waals surface area contributed by atoms with Gasteiger partial charge in [0.15, 0.2) is 0 Å². The van der Waals surface area contributed by atoms with Gasteiger partial charge in [0.05, 0.1) is 0 Å². The molecule has 1 aromatic heterocycles. The van der Waals surface area contributed by atoms with Crippen molar-refractivity contribution in [2.24, 2.45) is 5.92 Å². The lowest BCUT2D eigenvalue weighted by Crippen LogP contribution is -2.35. The van der Waals surface area contributed by atoms with Crippen LogP contribution in [0.1, 0.15) is 12.8 Å². The molecule has 1 aromatic rings. The van der Waals surface area contributed by atoms with Crippen molar-refractivity contribution in [3.8, 4) is 0 Å². The predicted octanol–water partition coefficient (Wildman–Crippen LogP) is -0.526. The second-order valence-corrected chi connectivity index (χ2v) is 4.54. The minimum absolute atomic E-state index is 0.0402. The molecule has 18 heavy (non-hydrogen) atoms. The fourth-order valence-corrected chi connectivity index (χ4v) is 2.23. The van der Waals surface area contributed by atoms with Crippen molar-refractivity contribution in [2.45, 2.75) is 19.4 Å². The van der Waals surface area contributed by atoms with E-state index >= 15 is 0 Å². The summed E-state index contributed by atoms with van der Waals surface area (Å²) in [5, 5.41) is 8.87. The lowest BCUT2D eigenvalue weighted by atomic mass is 10.1. The Morgan fingerprint density at radius 1 is 1.56 bits per heavy atom. The van der Waals surface area contributed by atoms with Crippen LogP contribution in [0.4, 0.5) is 0 Å². The lowest BCUT2D eigenvalue weighted by Gasteiger charge is -2.16. The van der Waals surface area contributed by atoms with E-state index in [0.717, 1.165) is 12.8 Å². The normalized spacial score (nSPS) is 19.2. The maximum absolute atomic E-state index is 12.0. The molecule has 6 nitrogen and oxygen atoms in total. The van der Waals surface area contributed by atoms with Crippen LogP contribution in [0.2, 0.25) is 0 Å². The molecule has 1 aliphatic heterocycles. The van der Waals surface area contributed by atoms with E-state index in [1.807, 2.05) is 0 Å². The van der Waals surface area contributed by atoms with Gasteiger partial charge in [-0.3, -0.25) is 9.36 Å². The van der Waals surface area contributed by atoms with E-state index in [0.29, 0.717) is 19.0 Å². The third kappa shape index (κ3) is 2.95. The van der Waals surface area contributed by atoms with Crippen LogP contribution in [-0.4, -0.2) is 45.2 Å². The first-order valence-corrected chi connectivity index (χ1v) is 6.11. The molecule has 0 saturated carbocycles. The molecule has 0 bridgehead atoms. The second kappa shape index (κ2) is 5.77. The van der Waals surface area contributed by atoms with E-state index < -0.39 is 5.69 Å². The van der Waals surface area contributed by atoms with Gasteiger partial charge in [0.2, 0.25) is 5.91 Å². The van der Waals surface area contributed by atoms with Crippen molar-refractivity contribution in [1.82, 2.24) is 14.5 Å². The topological polar surface area (TPSA) is 75.4 Å². The van der Waals surface area contributed by atoms with Crippen LogP contribution in [-0.2, 0) is 11.3 Å². The molecular weight excluding hydrogens is 234 g/mol. The summed E-state index contributed by atoms with van der Waals surface area (Å²) in [6, 6.07) is 1.63. The molecule has 1 N–H and O–H groups in total. The number of likely N-dealkylation sites (tertiary alicyclic amines) is 1. The quantitative estimate of drug-likeness (QED) is 0.781. The molecule has 0 aliphatic carbocycles. The van der Waals surface area contributed by atoms with E-state index in [2.05, 4.69) is 4.98 Å². The first-order valence-electron chi connectivity index (χ1n) is 6.11. The van der Waals surface area contributed by atoms with E-state index in [9.17, 15) is 9.59 Å². The van der Waals surface area contributed by atoms with Crippen LogP contribution < -0.4 is 5.69 Å². The first kappa shape index (κ1) is 12.8. The Bertz CT molecular complexity index is 472. The zero-order chi connectivity index (χ0) is 13.0. The molecule has 1 saturated heterocycles. The molecule has 1 atom stereocenters. The molecule has 2 heterocycles. The van der Waals surface area contributed by atoms with Crippen LogP contribution in [0.25, 0.3) is 0 Å². The minimum atomic E-state index is -0.406. The van der Waals surface area contributed by atoms with Gasteiger partial charge in [-0.25, -0.2) is 9.78 Å². The standard InChI is InChI=1S/C12H17N3O3/c16-7-3-10-2-6-14(8-10)11(17)9-15-5-1-4-13-12(15)18/h1,4-5,10,16H,2-3,6-9H2. The summed E-state index contributed by atoms with van der Waals surface area (Å²) in [5.41, 5.74) is -0.406. The maximum Gasteiger partial charge on any atom is 0.347 e. The van der Waals surface area contributed by atoms with Crippen LogP contribution in [0.3, 0.4) is 0 Å². The SMILES string of the molecule is O=C(Cn1cccnc1=O)N1CCC(CCO)C1. The molecule has 1 amide bonds. The highest BCUT2D eigenvalue weighted by molar-refractivity contribution is 5.76. The maximum atomic E-state index is 12.0. The molecule has 0 spiro atoms. The van der Waals surface area contributed by atoms with Gasteiger partial charge in [-0.05, 0) is 24.8 Å². The summed E-state index contributed by atoms with van der Waals surface area (Å²) in [4.78, 5) is 28.7. The number of rotatable bonds is 4. The van der Waals surface area contributed by atoms with E-state index in [4.69, 9.17) is 5.11 Å². The Morgan fingerprint density at radius 2 is 2.39 bits per heavy atom. The summed E-state index contributed by atoms with van der Waals surface area (Å²) >= 11 is 0. The van der Waals surface area contributed by atoms with Crippen LogP contribution >= 0.6 is 0 Å². The van der Waals surface area contributed by atoms with Crippen molar-refractivity contribution < 1.29 is 9.90 Å².